The van der Waals surface area contributed by atoms with Gasteiger partial charge in [0, 0.05) is 5.02 Å². The highest BCUT2D eigenvalue weighted by molar-refractivity contribution is 6.31. The normalized spacial score (nSPS) is 20.5. The topological polar surface area (TPSA) is 20.2 Å². The van der Waals surface area contributed by atoms with E-state index in [1.807, 2.05) is 25.1 Å². The van der Waals surface area contributed by atoms with Gasteiger partial charge in [0.15, 0.2) is 0 Å². The van der Waals surface area contributed by atoms with Crippen LogP contribution in [0.3, 0.4) is 0 Å². The lowest BCUT2D eigenvalue weighted by Gasteiger charge is -2.37. The number of allylic oxidation sites excluding steroid dienone is 1. The number of rotatable bonds is 2. The molecular weight excluding hydrogens is 256 g/mol. The van der Waals surface area contributed by atoms with Crippen molar-refractivity contribution in [1.29, 1.82) is 0 Å². The van der Waals surface area contributed by atoms with Crippen molar-refractivity contribution in [2.45, 2.75) is 53.1 Å². The molecule has 0 spiro atoms. The molecule has 104 valence electrons. The van der Waals surface area contributed by atoms with E-state index >= 15 is 0 Å². The highest BCUT2D eigenvalue weighted by Gasteiger charge is 2.33. The van der Waals surface area contributed by atoms with Crippen LogP contribution in [-0.2, 0) is 0 Å². The first-order valence-corrected chi connectivity index (χ1v) is 7.35. The molecule has 0 aromatic heterocycles. The SMILES string of the molecule is CC1=C(C(O)c2ccc(C)c(Cl)c2)C(C)(C)CCC1. The fourth-order valence-electron chi connectivity index (χ4n) is 3.19. The molecule has 1 N–H and O–H groups in total. The van der Waals surface area contributed by atoms with E-state index < -0.39 is 6.10 Å². The van der Waals surface area contributed by atoms with Gasteiger partial charge in [-0.05, 0) is 61.3 Å². The minimum Gasteiger partial charge on any atom is -0.384 e. The fourth-order valence-corrected chi connectivity index (χ4v) is 3.38. The number of hydrogen-bond donors (Lipinski definition) is 1. The fraction of sp³-hybridized carbons (Fsp3) is 0.529. The van der Waals surface area contributed by atoms with Gasteiger partial charge in [0.05, 0.1) is 0 Å². The minimum atomic E-state index is -0.534. The van der Waals surface area contributed by atoms with Gasteiger partial charge in [0.25, 0.3) is 0 Å². The third-order valence-corrected chi connectivity index (χ3v) is 4.73. The second-order valence-corrected chi connectivity index (χ2v) is 6.75. The Labute approximate surface area is 121 Å². The summed E-state index contributed by atoms with van der Waals surface area (Å²) in [6.45, 7) is 8.58. The Kier molecular flexibility index (Phi) is 4.08. The minimum absolute atomic E-state index is 0.0686. The average molecular weight is 279 g/mol. The predicted molar refractivity (Wildman–Crippen MR) is 81.5 cm³/mol. The predicted octanol–water partition coefficient (Wildman–Crippen LogP) is 5.21. The van der Waals surface area contributed by atoms with Crippen LogP contribution < -0.4 is 0 Å². The molecule has 2 heteroatoms. The smallest absolute Gasteiger partial charge is 0.101 e. The largest absolute Gasteiger partial charge is 0.384 e. The summed E-state index contributed by atoms with van der Waals surface area (Å²) in [6, 6.07) is 5.86. The van der Waals surface area contributed by atoms with Crippen LogP contribution in [0.15, 0.2) is 29.3 Å². The van der Waals surface area contributed by atoms with Crippen molar-refractivity contribution in [3.05, 3.63) is 45.5 Å². The van der Waals surface area contributed by atoms with E-state index in [9.17, 15) is 5.11 Å². The molecule has 0 saturated carbocycles. The van der Waals surface area contributed by atoms with Crippen LogP contribution in [0.4, 0.5) is 0 Å². The zero-order valence-electron chi connectivity index (χ0n) is 12.3. The van der Waals surface area contributed by atoms with E-state index in [-0.39, 0.29) is 5.41 Å². The molecule has 0 heterocycles. The summed E-state index contributed by atoms with van der Waals surface area (Å²) in [7, 11) is 0. The van der Waals surface area contributed by atoms with Gasteiger partial charge < -0.3 is 5.11 Å². The quantitative estimate of drug-likeness (QED) is 0.737. The maximum Gasteiger partial charge on any atom is 0.101 e. The van der Waals surface area contributed by atoms with Gasteiger partial charge in [-0.15, -0.1) is 0 Å². The monoisotopic (exact) mass is 278 g/mol. The number of aliphatic hydroxyl groups excluding tert-OH is 1. The molecule has 1 aliphatic carbocycles. The molecular formula is C17H23ClO. The van der Waals surface area contributed by atoms with Crippen molar-refractivity contribution >= 4 is 11.6 Å². The van der Waals surface area contributed by atoms with Gasteiger partial charge in [0.2, 0.25) is 0 Å². The molecule has 1 aromatic carbocycles. The lowest BCUT2D eigenvalue weighted by Crippen LogP contribution is -2.25. The molecule has 0 fully saturated rings. The molecule has 1 atom stereocenters. The van der Waals surface area contributed by atoms with Crippen LogP contribution in [0.1, 0.15) is 57.3 Å². The Balaban J connectivity index is 2.42. The van der Waals surface area contributed by atoms with E-state index in [0.29, 0.717) is 0 Å². The maximum atomic E-state index is 10.8. The summed E-state index contributed by atoms with van der Waals surface area (Å²) in [6.07, 6.45) is 2.91. The molecule has 0 aliphatic heterocycles. The second-order valence-electron chi connectivity index (χ2n) is 6.34. The Morgan fingerprint density at radius 3 is 2.53 bits per heavy atom. The third kappa shape index (κ3) is 2.88. The molecule has 1 unspecified atom stereocenters. The average Bonchev–Trinajstić information content (AvgIpc) is 2.31. The first-order chi connectivity index (χ1) is 8.83. The number of hydrogen-bond acceptors (Lipinski definition) is 1. The Morgan fingerprint density at radius 2 is 1.95 bits per heavy atom. The van der Waals surface area contributed by atoms with Crippen molar-refractivity contribution in [3.8, 4) is 0 Å². The van der Waals surface area contributed by atoms with Gasteiger partial charge in [0.1, 0.15) is 6.10 Å². The van der Waals surface area contributed by atoms with E-state index in [1.54, 1.807) is 0 Å². The Hall–Kier alpha value is -0.790. The first kappa shape index (κ1) is 14.6. The summed E-state index contributed by atoms with van der Waals surface area (Å²) >= 11 is 6.18. The van der Waals surface area contributed by atoms with Crippen LogP contribution >= 0.6 is 11.6 Å². The van der Waals surface area contributed by atoms with Crippen molar-refractivity contribution in [3.63, 3.8) is 0 Å². The third-order valence-electron chi connectivity index (χ3n) is 4.33. The second kappa shape index (κ2) is 5.30. The standard InChI is InChI=1S/C17H23ClO/c1-11-7-8-13(10-14(11)18)16(19)15-12(2)6-5-9-17(15,3)4/h7-8,10,16,19H,5-6,9H2,1-4H3. The highest BCUT2D eigenvalue weighted by Crippen LogP contribution is 2.46. The molecule has 1 nitrogen and oxygen atoms in total. The van der Waals surface area contributed by atoms with E-state index in [2.05, 4.69) is 20.8 Å². The van der Waals surface area contributed by atoms with Gasteiger partial charge in [-0.3, -0.25) is 0 Å². The summed E-state index contributed by atoms with van der Waals surface area (Å²) in [5, 5.41) is 11.5. The number of aliphatic hydroxyl groups is 1. The van der Waals surface area contributed by atoms with Crippen LogP contribution in [-0.4, -0.2) is 5.11 Å². The molecule has 1 aromatic rings. The van der Waals surface area contributed by atoms with Crippen molar-refractivity contribution in [2.75, 3.05) is 0 Å². The molecule has 2 rings (SSSR count). The number of aryl methyl sites for hydroxylation is 1. The zero-order chi connectivity index (χ0) is 14.2. The maximum absolute atomic E-state index is 10.8. The zero-order valence-corrected chi connectivity index (χ0v) is 13.0. The number of halogens is 1. The van der Waals surface area contributed by atoms with Crippen molar-refractivity contribution < 1.29 is 5.11 Å². The van der Waals surface area contributed by atoms with E-state index in [0.717, 1.165) is 29.0 Å². The van der Waals surface area contributed by atoms with Crippen LogP contribution in [0.5, 0.6) is 0 Å². The van der Waals surface area contributed by atoms with Crippen LogP contribution in [0.2, 0.25) is 5.02 Å². The molecule has 19 heavy (non-hydrogen) atoms. The molecule has 0 amide bonds. The lowest BCUT2D eigenvalue weighted by molar-refractivity contribution is 0.171. The first-order valence-electron chi connectivity index (χ1n) is 6.97. The molecule has 0 bridgehead atoms. The molecule has 1 aliphatic rings. The van der Waals surface area contributed by atoms with Crippen LogP contribution in [0.25, 0.3) is 0 Å². The van der Waals surface area contributed by atoms with E-state index in [4.69, 9.17) is 11.6 Å². The molecule has 0 radical (unpaired) electrons. The van der Waals surface area contributed by atoms with Crippen molar-refractivity contribution in [1.82, 2.24) is 0 Å². The highest BCUT2D eigenvalue weighted by atomic mass is 35.5. The van der Waals surface area contributed by atoms with Gasteiger partial charge in [-0.1, -0.05) is 43.2 Å². The number of benzene rings is 1. The van der Waals surface area contributed by atoms with E-state index in [1.165, 1.54) is 17.6 Å². The van der Waals surface area contributed by atoms with Crippen molar-refractivity contribution in [2.24, 2.45) is 5.41 Å². The Morgan fingerprint density at radius 1 is 1.26 bits per heavy atom. The summed E-state index contributed by atoms with van der Waals surface area (Å²) in [5.74, 6) is 0. The lowest BCUT2D eigenvalue weighted by atomic mass is 9.69. The van der Waals surface area contributed by atoms with Gasteiger partial charge in [-0.25, -0.2) is 0 Å². The summed E-state index contributed by atoms with van der Waals surface area (Å²) < 4.78 is 0. The van der Waals surface area contributed by atoms with Gasteiger partial charge >= 0.3 is 0 Å². The van der Waals surface area contributed by atoms with Gasteiger partial charge in [-0.2, -0.15) is 0 Å². The summed E-state index contributed by atoms with van der Waals surface area (Å²) in [5.41, 5.74) is 4.53. The Bertz CT molecular complexity index is 514. The summed E-state index contributed by atoms with van der Waals surface area (Å²) in [4.78, 5) is 0. The van der Waals surface area contributed by atoms with Crippen LogP contribution in [0, 0.1) is 12.3 Å². The molecule has 0 saturated heterocycles.